The fourth-order valence-corrected chi connectivity index (χ4v) is 1.61. The molecular formula is C11H13Cl2NO3. The van der Waals surface area contributed by atoms with Gasteiger partial charge in [0.15, 0.2) is 6.61 Å². The average Bonchev–Trinajstić information content (AvgIpc) is 2.25. The Morgan fingerprint density at radius 2 is 1.94 bits per heavy atom. The number of halogens is 2. The third kappa shape index (κ3) is 5.77. The predicted molar refractivity (Wildman–Crippen MR) is 66.8 cm³/mol. The lowest BCUT2D eigenvalue weighted by molar-refractivity contribution is -0.123. The van der Waals surface area contributed by atoms with E-state index in [4.69, 9.17) is 32.7 Å². The number of hydrogen-bond donors (Lipinski definition) is 1. The van der Waals surface area contributed by atoms with Crippen molar-refractivity contribution in [2.24, 2.45) is 0 Å². The minimum atomic E-state index is -0.224. The molecule has 0 atom stereocenters. The molecule has 0 aliphatic carbocycles. The number of carbonyl (C=O) groups is 1. The Hall–Kier alpha value is -0.970. The Balaban J connectivity index is 2.36. The zero-order chi connectivity index (χ0) is 12.7. The van der Waals surface area contributed by atoms with Gasteiger partial charge in [0.1, 0.15) is 5.75 Å². The summed E-state index contributed by atoms with van der Waals surface area (Å²) in [7, 11) is 1.57. The Kier molecular flexibility index (Phi) is 6.11. The number of rotatable bonds is 6. The van der Waals surface area contributed by atoms with E-state index in [-0.39, 0.29) is 12.5 Å². The van der Waals surface area contributed by atoms with Crippen molar-refractivity contribution in [3.8, 4) is 5.75 Å². The summed E-state index contributed by atoms with van der Waals surface area (Å²) < 4.78 is 10.0. The zero-order valence-electron chi connectivity index (χ0n) is 9.33. The number of ether oxygens (including phenoxy) is 2. The van der Waals surface area contributed by atoms with E-state index in [0.717, 1.165) is 0 Å². The fraction of sp³-hybridized carbons (Fsp3) is 0.364. The molecule has 1 amide bonds. The molecule has 1 aromatic carbocycles. The van der Waals surface area contributed by atoms with Crippen LogP contribution in [0.3, 0.4) is 0 Å². The second kappa shape index (κ2) is 7.37. The van der Waals surface area contributed by atoms with Crippen LogP contribution in [0, 0.1) is 0 Å². The summed E-state index contributed by atoms with van der Waals surface area (Å²) in [4.78, 5) is 11.3. The molecular weight excluding hydrogens is 265 g/mol. The third-order valence-electron chi connectivity index (χ3n) is 1.83. The lowest BCUT2D eigenvalue weighted by Crippen LogP contribution is -2.31. The quantitative estimate of drug-likeness (QED) is 0.811. The van der Waals surface area contributed by atoms with Crippen LogP contribution in [-0.2, 0) is 9.53 Å². The summed E-state index contributed by atoms with van der Waals surface area (Å²) >= 11 is 11.6. The second-order valence-electron chi connectivity index (χ2n) is 3.24. The van der Waals surface area contributed by atoms with E-state index in [1.54, 1.807) is 25.3 Å². The van der Waals surface area contributed by atoms with Gasteiger partial charge in [-0.05, 0) is 18.2 Å². The third-order valence-corrected chi connectivity index (χ3v) is 2.27. The Labute approximate surface area is 110 Å². The largest absolute Gasteiger partial charge is 0.484 e. The summed E-state index contributed by atoms with van der Waals surface area (Å²) in [6, 6.07) is 4.78. The molecule has 0 unspecified atom stereocenters. The van der Waals surface area contributed by atoms with E-state index >= 15 is 0 Å². The maximum absolute atomic E-state index is 11.3. The number of benzene rings is 1. The van der Waals surface area contributed by atoms with Gasteiger partial charge >= 0.3 is 0 Å². The number of hydrogen-bond acceptors (Lipinski definition) is 3. The molecule has 0 saturated heterocycles. The van der Waals surface area contributed by atoms with Crippen LogP contribution in [-0.4, -0.2) is 32.8 Å². The van der Waals surface area contributed by atoms with E-state index in [1.807, 2.05) is 0 Å². The molecule has 94 valence electrons. The van der Waals surface area contributed by atoms with E-state index in [0.29, 0.717) is 28.9 Å². The summed E-state index contributed by atoms with van der Waals surface area (Å²) in [5.41, 5.74) is 0. The number of nitrogens with one attached hydrogen (secondary N) is 1. The summed E-state index contributed by atoms with van der Waals surface area (Å²) in [5.74, 6) is 0.238. The molecule has 0 saturated carbocycles. The van der Waals surface area contributed by atoms with Gasteiger partial charge < -0.3 is 14.8 Å². The first kappa shape index (κ1) is 14.1. The van der Waals surface area contributed by atoms with Gasteiger partial charge in [-0.15, -0.1) is 0 Å². The van der Waals surface area contributed by atoms with Gasteiger partial charge in [0, 0.05) is 23.7 Å². The van der Waals surface area contributed by atoms with Gasteiger partial charge in [0.05, 0.1) is 6.61 Å². The molecule has 0 aliphatic rings. The number of methoxy groups -OCH3 is 1. The summed E-state index contributed by atoms with van der Waals surface area (Å²) in [6.07, 6.45) is 0. The number of carbonyl (C=O) groups excluding carboxylic acids is 1. The normalized spacial score (nSPS) is 10.1. The van der Waals surface area contributed by atoms with E-state index in [9.17, 15) is 4.79 Å². The van der Waals surface area contributed by atoms with Crippen LogP contribution in [0.1, 0.15) is 0 Å². The molecule has 1 N–H and O–H groups in total. The van der Waals surface area contributed by atoms with Crippen molar-refractivity contribution in [2.75, 3.05) is 26.9 Å². The van der Waals surface area contributed by atoms with Gasteiger partial charge in [0.25, 0.3) is 5.91 Å². The van der Waals surface area contributed by atoms with Crippen LogP contribution < -0.4 is 10.1 Å². The summed E-state index contributed by atoms with van der Waals surface area (Å²) in [5, 5.41) is 3.56. The van der Waals surface area contributed by atoms with Crippen LogP contribution in [0.2, 0.25) is 10.0 Å². The molecule has 17 heavy (non-hydrogen) atoms. The molecule has 4 nitrogen and oxygen atoms in total. The monoisotopic (exact) mass is 277 g/mol. The van der Waals surface area contributed by atoms with Crippen LogP contribution in [0.25, 0.3) is 0 Å². The molecule has 0 fully saturated rings. The highest BCUT2D eigenvalue weighted by molar-refractivity contribution is 6.34. The minimum Gasteiger partial charge on any atom is -0.484 e. The topological polar surface area (TPSA) is 47.6 Å². The van der Waals surface area contributed by atoms with Gasteiger partial charge in [0.2, 0.25) is 0 Å². The van der Waals surface area contributed by atoms with Crippen LogP contribution in [0.4, 0.5) is 0 Å². The minimum absolute atomic E-state index is 0.0830. The maximum atomic E-state index is 11.3. The zero-order valence-corrected chi connectivity index (χ0v) is 10.8. The van der Waals surface area contributed by atoms with E-state index in [2.05, 4.69) is 5.32 Å². The maximum Gasteiger partial charge on any atom is 0.258 e. The first-order valence-electron chi connectivity index (χ1n) is 4.96. The second-order valence-corrected chi connectivity index (χ2v) is 4.11. The highest BCUT2D eigenvalue weighted by atomic mass is 35.5. The highest BCUT2D eigenvalue weighted by Gasteiger charge is 2.03. The van der Waals surface area contributed by atoms with Crippen molar-refractivity contribution < 1.29 is 14.3 Å². The van der Waals surface area contributed by atoms with Crippen molar-refractivity contribution in [1.82, 2.24) is 5.32 Å². The average molecular weight is 278 g/mol. The van der Waals surface area contributed by atoms with Crippen molar-refractivity contribution in [2.45, 2.75) is 0 Å². The van der Waals surface area contributed by atoms with Crippen LogP contribution in [0.15, 0.2) is 18.2 Å². The Bertz CT molecular complexity index is 365. The standard InChI is InChI=1S/C11H13Cl2NO3/c1-16-3-2-14-11(15)7-17-10-5-8(12)4-9(13)6-10/h4-6H,2-3,7H2,1H3,(H,14,15). The molecule has 0 radical (unpaired) electrons. The molecule has 0 spiro atoms. The molecule has 1 rings (SSSR count). The van der Waals surface area contributed by atoms with Gasteiger partial charge in [-0.3, -0.25) is 4.79 Å². The lowest BCUT2D eigenvalue weighted by Gasteiger charge is -2.07. The summed E-state index contributed by atoms with van der Waals surface area (Å²) in [6.45, 7) is 0.837. The van der Waals surface area contributed by atoms with Crippen molar-refractivity contribution in [1.29, 1.82) is 0 Å². The van der Waals surface area contributed by atoms with Crippen molar-refractivity contribution in [3.05, 3.63) is 28.2 Å². The van der Waals surface area contributed by atoms with E-state index < -0.39 is 0 Å². The van der Waals surface area contributed by atoms with Crippen molar-refractivity contribution in [3.63, 3.8) is 0 Å². The van der Waals surface area contributed by atoms with Gasteiger partial charge in [-0.25, -0.2) is 0 Å². The fourth-order valence-electron chi connectivity index (χ4n) is 1.10. The Morgan fingerprint density at radius 1 is 1.29 bits per heavy atom. The van der Waals surface area contributed by atoms with Crippen LogP contribution in [0.5, 0.6) is 5.75 Å². The smallest absolute Gasteiger partial charge is 0.258 e. The van der Waals surface area contributed by atoms with Crippen LogP contribution >= 0.6 is 23.2 Å². The first-order valence-corrected chi connectivity index (χ1v) is 5.72. The molecule has 6 heteroatoms. The molecule has 0 bridgehead atoms. The Morgan fingerprint density at radius 3 is 2.53 bits per heavy atom. The molecule has 1 aromatic rings. The SMILES string of the molecule is COCCNC(=O)COc1cc(Cl)cc(Cl)c1. The number of amides is 1. The lowest BCUT2D eigenvalue weighted by atomic mass is 10.3. The van der Waals surface area contributed by atoms with Gasteiger partial charge in [-0.2, -0.15) is 0 Å². The molecule has 0 aliphatic heterocycles. The molecule has 0 aromatic heterocycles. The van der Waals surface area contributed by atoms with E-state index in [1.165, 1.54) is 0 Å². The van der Waals surface area contributed by atoms with Crippen molar-refractivity contribution >= 4 is 29.1 Å². The molecule has 0 heterocycles. The first-order chi connectivity index (χ1) is 8.11. The van der Waals surface area contributed by atoms with Gasteiger partial charge in [-0.1, -0.05) is 23.2 Å². The highest BCUT2D eigenvalue weighted by Crippen LogP contribution is 2.23. The predicted octanol–water partition coefficient (Wildman–Crippen LogP) is 2.13.